The van der Waals surface area contributed by atoms with Crippen LogP contribution < -0.4 is 0 Å². The van der Waals surface area contributed by atoms with Gasteiger partial charge in [0.2, 0.25) is 0 Å². The lowest BCUT2D eigenvalue weighted by Gasteiger charge is -2.25. The van der Waals surface area contributed by atoms with E-state index >= 15 is 0 Å². The molecule has 0 aromatic heterocycles. The van der Waals surface area contributed by atoms with Crippen molar-refractivity contribution in [2.75, 3.05) is 47.5 Å². The molecule has 2 atom stereocenters. The van der Waals surface area contributed by atoms with Crippen LogP contribution >= 0.6 is 0 Å². The van der Waals surface area contributed by atoms with E-state index in [1.54, 1.807) is 0 Å². The number of carboxylic acid groups (broad SMARTS) is 1. The van der Waals surface area contributed by atoms with Gasteiger partial charge in [-0.3, -0.25) is 9.59 Å². The van der Waals surface area contributed by atoms with E-state index in [1.807, 2.05) is 21.1 Å². The zero-order chi connectivity index (χ0) is 50.6. The van der Waals surface area contributed by atoms with Gasteiger partial charge in [-0.05, 0) is 96.3 Å². The summed E-state index contributed by atoms with van der Waals surface area (Å²) in [5.74, 6) is -2.05. The van der Waals surface area contributed by atoms with Crippen LogP contribution in [0.3, 0.4) is 0 Å². The van der Waals surface area contributed by atoms with Crippen LogP contribution in [-0.2, 0) is 33.3 Å². The summed E-state index contributed by atoms with van der Waals surface area (Å²) < 4.78 is 22.8. The van der Waals surface area contributed by atoms with E-state index in [-0.39, 0.29) is 38.6 Å². The number of hydrogen-bond acceptors (Lipinski definition) is 7. The first-order valence-electron chi connectivity index (χ1n) is 27.1. The summed E-state index contributed by atoms with van der Waals surface area (Å²) in [6.07, 6.45) is 65.9. The lowest BCUT2D eigenvalue weighted by atomic mass is 10.1. The Morgan fingerprint density at radius 1 is 0.449 bits per heavy atom. The Bertz CT molecular complexity index is 1490. The number of unbranched alkanes of at least 4 members (excludes halogenated alkanes) is 15. The number of aliphatic carboxylic acids is 1. The SMILES string of the molecule is CC/C=C\C/C=C\C/C=C\C/C=C\C/C=C\C/C=C\C/C=C\CCCCCCCCCCCC(=O)OC(COC(=O)CCCCCCC/C=C\C/C=C\CCC)COC(OCC[N+](C)(C)C)C(=O)O. The van der Waals surface area contributed by atoms with E-state index in [0.29, 0.717) is 17.4 Å². The van der Waals surface area contributed by atoms with Crippen LogP contribution in [0, 0.1) is 0 Å². The average molecular weight is 963 g/mol. The molecule has 0 heterocycles. The van der Waals surface area contributed by atoms with Crippen molar-refractivity contribution in [3.05, 3.63) is 109 Å². The number of quaternary nitrogens is 1. The van der Waals surface area contributed by atoms with Gasteiger partial charge in [-0.15, -0.1) is 0 Å². The first-order chi connectivity index (χ1) is 33.6. The van der Waals surface area contributed by atoms with Crippen molar-refractivity contribution in [1.82, 2.24) is 0 Å². The molecule has 0 fully saturated rings. The Morgan fingerprint density at radius 3 is 1.23 bits per heavy atom. The molecule has 0 radical (unpaired) electrons. The van der Waals surface area contributed by atoms with Gasteiger partial charge < -0.3 is 28.5 Å². The summed E-state index contributed by atoms with van der Waals surface area (Å²) in [5.41, 5.74) is 0. The normalized spacial score (nSPS) is 13.7. The fraction of sp³-hybridized carbons (Fsp3) is 0.650. The number of carbonyl (C=O) groups excluding carboxylic acids is 2. The van der Waals surface area contributed by atoms with Crippen LogP contribution in [-0.4, -0.2) is 87.4 Å². The van der Waals surface area contributed by atoms with Crippen molar-refractivity contribution in [2.24, 2.45) is 0 Å². The van der Waals surface area contributed by atoms with E-state index in [1.165, 1.54) is 38.5 Å². The molecule has 0 amide bonds. The fourth-order valence-corrected chi connectivity index (χ4v) is 6.85. The highest BCUT2D eigenvalue weighted by Gasteiger charge is 2.25. The van der Waals surface area contributed by atoms with Gasteiger partial charge in [0.15, 0.2) is 6.10 Å². The Kier molecular flexibility index (Phi) is 47.4. The van der Waals surface area contributed by atoms with E-state index in [9.17, 15) is 19.5 Å². The second-order valence-electron chi connectivity index (χ2n) is 18.8. The zero-order valence-corrected chi connectivity index (χ0v) is 44.4. The maximum Gasteiger partial charge on any atom is 0.361 e. The topological polar surface area (TPSA) is 108 Å². The second-order valence-corrected chi connectivity index (χ2v) is 18.8. The first-order valence-corrected chi connectivity index (χ1v) is 27.1. The highest BCUT2D eigenvalue weighted by molar-refractivity contribution is 5.71. The number of carbonyl (C=O) groups is 3. The van der Waals surface area contributed by atoms with E-state index < -0.39 is 24.3 Å². The molecule has 0 bridgehead atoms. The minimum atomic E-state index is -1.52. The molecule has 9 heteroatoms. The molecule has 9 nitrogen and oxygen atoms in total. The molecule has 0 aromatic rings. The molecular weight excluding hydrogens is 863 g/mol. The summed E-state index contributed by atoms with van der Waals surface area (Å²) >= 11 is 0. The molecule has 0 aromatic carbocycles. The second kappa shape index (κ2) is 50.3. The summed E-state index contributed by atoms with van der Waals surface area (Å²) in [5, 5.41) is 9.67. The van der Waals surface area contributed by atoms with E-state index in [4.69, 9.17) is 18.9 Å². The monoisotopic (exact) mass is 963 g/mol. The van der Waals surface area contributed by atoms with Crippen LogP contribution in [0.25, 0.3) is 0 Å². The van der Waals surface area contributed by atoms with Gasteiger partial charge in [0.05, 0.1) is 34.4 Å². The molecule has 0 rings (SSSR count). The molecule has 2 unspecified atom stereocenters. The Labute approximate surface area is 422 Å². The molecule has 0 saturated heterocycles. The smallest absolute Gasteiger partial charge is 0.361 e. The number of ether oxygens (including phenoxy) is 4. The van der Waals surface area contributed by atoms with Crippen LogP contribution in [0.4, 0.5) is 0 Å². The Balaban J connectivity index is 4.26. The third-order valence-electron chi connectivity index (χ3n) is 11.0. The maximum atomic E-state index is 12.8. The largest absolute Gasteiger partial charge is 0.477 e. The van der Waals surface area contributed by atoms with E-state index in [2.05, 4.69) is 123 Å². The lowest BCUT2D eigenvalue weighted by Crippen LogP contribution is -2.40. The quantitative estimate of drug-likeness (QED) is 0.0211. The van der Waals surface area contributed by atoms with Crippen molar-refractivity contribution >= 4 is 17.9 Å². The number of carboxylic acids is 1. The molecule has 0 aliphatic carbocycles. The van der Waals surface area contributed by atoms with Gasteiger partial charge in [0.1, 0.15) is 13.2 Å². The van der Waals surface area contributed by atoms with Gasteiger partial charge in [0.25, 0.3) is 6.29 Å². The van der Waals surface area contributed by atoms with Gasteiger partial charge in [-0.1, -0.05) is 194 Å². The van der Waals surface area contributed by atoms with Crippen molar-refractivity contribution < 1.29 is 42.9 Å². The third kappa shape index (κ3) is 51.6. The van der Waals surface area contributed by atoms with Crippen LogP contribution in [0.1, 0.15) is 194 Å². The number of hydrogen-bond donors (Lipinski definition) is 1. The summed E-state index contributed by atoms with van der Waals surface area (Å²) in [6, 6.07) is 0. The third-order valence-corrected chi connectivity index (χ3v) is 11.0. The summed E-state index contributed by atoms with van der Waals surface area (Å²) in [6.45, 7) is 4.65. The first kappa shape index (κ1) is 65.0. The van der Waals surface area contributed by atoms with Gasteiger partial charge in [0, 0.05) is 12.8 Å². The standard InChI is InChI=1S/C60H99NO8/c1-6-8-10-12-14-16-18-20-21-22-23-24-25-26-27-28-29-30-31-32-33-34-35-36-37-39-41-43-45-47-49-51-58(63)69-56(55-68-60(59(64)65)66-53-52-61(3,4)5)54-67-57(62)50-48-46-44-42-40-38-19-17-15-13-11-9-7-2/h8,10-11,13-14,16-17,19-21,23-24,26-27,29-30,32-33,56,60H,6-7,9,12,15,18,22,25,28,31,34-55H2,1-5H3/p+1/b10-8-,13-11-,16-14-,19-17-,21-20-,24-23-,27-26-,30-29-,33-32-. The van der Waals surface area contributed by atoms with Gasteiger partial charge in [-0.25, -0.2) is 4.79 Å². The Hall–Kier alpha value is -4.05. The molecule has 0 spiro atoms. The molecule has 0 saturated carbocycles. The van der Waals surface area contributed by atoms with Gasteiger partial charge in [-0.2, -0.15) is 0 Å². The molecular formula is C60H100NO8+. The number of nitrogens with zero attached hydrogens (tertiary/aromatic N) is 1. The van der Waals surface area contributed by atoms with Crippen molar-refractivity contribution in [3.8, 4) is 0 Å². The predicted molar refractivity (Wildman–Crippen MR) is 290 cm³/mol. The number of likely N-dealkylation sites (N-methyl/N-ethyl adjacent to an activating group) is 1. The highest BCUT2D eigenvalue weighted by Crippen LogP contribution is 2.14. The molecule has 1 N–H and O–H groups in total. The number of esters is 2. The van der Waals surface area contributed by atoms with Crippen molar-refractivity contribution in [3.63, 3.8) is 0 Å². The summed E-state index contributed by atoms with van der Waals surface area (Å²) in [7, 11) is 5.95. The minimum absolute atomic E-state index is 0.178. The van der Waals surface area contributed by atoms with Crippen LogP contribution in [0.15, 0.2) is 109 Å². The number of rotatable bonds is 48. The highest BCUT2D eigenvalue weighted by atomic mass is 16.7. The number of allylic oxidation sites excluding steroid dienone is 18. The van der Waals surface area contributed by atoms with Crippen molar-refractivity contribution in [1.29, 1.82) is 0 Å². The zero-order valence-electron chi connectivity index (χ0n) is 44.4. The summed E-state index contributed by atoms with van der Waals surface area (Å²) in [4.78, 5) is 37.3. The Morgan fingerprint density at radius 2 is 0.826 bits per heavy atom. The predicted octanol–water partition coefficient (Wildman–Crippen LogP) is 15.6. The maximum absolute atomic E-state index is 12.8. The van der Waals surface area contributed by atoms with Crippen LogP contribution in [0.2, 0.25) is 0 Å². The fourth-order valence-electron chi connectivity index (χ4n) is 6.85. The van der Waals surface area contributed by atoms with Crippen molar-refractivity contribution in [2.45, 2.75) is 206 Å². The van der Waals surface area contributed by atoms with Gasteiger partial charge >= 0.3 is 17.9 Å². The molecule has 0 aliphatic rings. The van der Waals surface area contributed by atoms with E-state index in [0.717, 1.165) is 122 Å². The molecule has 69 heavy (non-hydrogen) atoms. The molecule has 0 aliphatic heterocycles. The lowest BCUT2D eigenvalue weighted by molar-refractivity contribution is -0.870. The molecule has 392 valence electrons. The van der Waals surface area contributed by atoms with Crippen LogP contribution in [0.5, 0.6) is 0 Å². The minimum Gasteiger partial charge on any atom is -0.477 e. The average Bonchev–Trinajstić information content (AvgIpc) is 3.31.